The molecule has 5 heteroatoms. The van der Waals surface area contributed by atoms with Crippen molar-refractivity contribution >= 4 is 22.7 Å². The number of nitrogens with zero attached hydrogens (tertiary/aromatic N) is 1. The van der Waals surface area contributed by atoms with Gasteiger partial charge >= 0.3 is 0 Å². The van der Waals surface area contributed by atoms with Gasteiger partial charge in [0.25, 0.3) is 5.91 Å². The van der Waals surface area contributed by atoms with Gasteiger partial charge in [0, 0.05) is 16.8 Å². The second-order valence-electron chi connectivity index (χ2n) is 7.48. The molecule has 2 heterocycles. The van der Waals surface area contributed by atoms with Crippen LogP contribution in [0.1, 0.15) is 21.7 Å². The number of carbonyl (C=O) groups is 1. The van der Waals surface area contributed by atoms with E-state index in [1.165, 1.54) is 11.1 Å². The summed E-state index contributed by atoms with van der Waals surface area (Å²) in [6, 6.07) is 24.6. The molecule has 1 N–H and O–H groups in total. The Morgan fingerprint density at radius 1 is 0.806 bits per heavy atom. The zero-order valence-corrected chi connectivity index (χ0v) is 17.2. The molecule has 0 saturated heterocycles. The van der Waals surface area contributed by atoms with E-state index in [2.05, 4.69) is 30.2 Å². The predicted octanol–water partition coefficient (Wildman–Crippen LogP) is 6.62. The van der Waals surface area contributed by atoms with Gasteiger partial charge in [-0.25, -0.2) is 4.98 Å². The zero-order valence-electron chi connectivity index (χ0n) is 17.2. The molecule has 0 fully saturated rings. The first kappa shape index (κ1) is 18.9. The van der Waals surface area contributed by atoms with Crippen molar-refractivity contribution in [3.63, 3.8) is 0 Å². The fourth-order valence-electron chi connectivity index (χ4n) is 3.43. The molecule has 5 nitrogen and oxygen atoms in total. The Morgan fingerprint density at radius 2 is 1.68 bits per heavy atom. The van der Waals surface area contributed by atoms with Crippen molar-refractivity contribution in [2.75, 3.05) is 5.32 Å². The summed E-state index contributed by atoms with van der Waals surface area (Å²) in [5.41, 5.74) is 6.27. The van der Waals surface area contributed by atoms with E-state index < -0.39 is 0 Å². The van der Waals surface area contributed by atoms with E-state index in [1.54, 1.807) is 6.07 Å². The number of hydrogen-bond acceptors (Lipinski definition) is 4. The van der Waals surface area contributed by atoms with Gasteiger partial charge in [-0.1, -0.05) is 30.3 Å². The number of rotatable bonds is 4. The molecule has 31 heavy (non-hydrogen) atoms. The van der Waals surface area contributed by atoms with E-state index in [1.807, 2.05) is 66.7 Å². The smallest absolute Gasteiger partial charge is 0.291 e. The maximum atomic E-state index is 12.7. The van der Waals surface area contributed by atoms with Gasteiger partial charge in [-0.3, -0.25) is 4.79 Å². The Labute approximate surface area is 179 Å². The van der Waals surface area contributed by atoms with Crippen LogP contribution in [0.3, 0.4) is 0 Å². The molecular weight excluding hydrogens is 388 g/mol. The molecule has 0 atom stereocenters. The average Bonchev–Trinajstić information content (AvgIpc) is 3.43. The van der Waals surface area contributed by atoms with E-state index in [4.69, 9.17) is 8.83 Å². The summed E-state index contributed by atoms with van der Waals surface area (Å²) in [6.07, 6.45) is 0. The standard InChI is InChI=1S/C26H20N2O3/c1-16-10-11-18(14-17(16)2)22-12-13-24(30-22)25(29)27-20-7-5-6-19(15-20)26-28-21-8-3-4-9-23(21)31-26/h3-15H,1-2H3,(H,27,29). The molecule has 0 unspecified atom stereocenters. The van der Waals surface area contributed by atoms with Gasteiger partial charge in [0.2, 0.25) is 5.89 Å². The fraction of sp³-hybridized carbons (Fsp3) is 0.0769. The molecule has 152 valence electrons. The number of fused-ring (bicyclic) bond motifs is 1. The van der Waals surface area contributed by atoms with Gasteiger partial charge in [0.15, 0.2) is 11.3 Å². The van der Waals surface area contributed by atoms with Crippen LogP contribution in [-0.4, -0.2) is 10.9 Å². The number of amides is 1. The summed E-state index contributed by atoms with van der Waals surface area (Å²) in [5.74, 6) is 1.10. The van der Waals surface area contributed by atoms with Crippen LogP contribution in [0.25, 0.3) is 33.9 Å². The molecule has 5 rings (SSSR count). The molecule has 0 bridgehead atoms. The molecule has 0 aliphatic rings. The number of aryl methyl sites for hydroxylation is 2. The van der Waals surface area contributed by atoms with Crippen LogP contribution in [0, 0.1) is 13.8 Å². The Hall–Kier alpha value is -4.12. The van der Waals surface area contributed by atoms with E-state index in [-0.39, 0.29) is 11.7 Å². The van der Waals surface area contributed by atoms with Crippen LogP contribution in [0.4, 0.5) is 5.69 Å². The summed E-state index contributed by atoms with van der Waals surface area (Å²) in [5, 5.41) is 2.89. The lowest BCUT2D eigenvalue weighted by Gasteiger charge is -2.05. The third-order valence-electron chi connectivity index (χ3n) is 5.28. The lowest BCUT2D eigenvalue weighted by molar-refractivity contribution is 0.0997. The summed E-state index contributed by atoms with van der Waals surface area (Å²) < 4.78 is 11.6. The Kier molecular flexibility index (Phi) is 4.64. The summed E-state index contributed by atoms with van der Waals surface area (Å²) >= 11 is 0. The first-order valence-electron chi connectivity index (χ1n) is 10.0. The molecule has 0 saturated carbocycles. The summed E-state index contributed by atoms with van der Waals surface area (Å²) in [7, 11) is 0. The quantitative estimate of drug-likeness (QED) is 0.363. The monoisotopic (exact) mass is 408 g/mol. The molecule has 0 radical (unpaired) electrons. The molecule has 0 aliphatic carbocycles. The van der Waals surface area contributed by atoms with Crippen molar-refractivity contribution in [3.05, 3.63) is 95.7 Å². The second-order valence-corrected chi connectivity index (χ2v) is 7.48. The highest BCUT2D eigenvalue weighted by atomic mass is 16.4. The Morgan fingerprint density at radius 3 is 2.52 bits per heavy atom. The molecule has 1 amide bonds. The Balaban J connectivity index is 1.37. The van der Waals surface area contributed by atoms with Gasteiger partial charge in [-0.05, 0) is 73.5 Å². The average molecular weight is 408 g/mol. The van der Waals surface area contributed by atoms with E-state index >= 15 is 0 Å². The molecule has 0 spiro atoms. The highest BCUT2D eigenvalue weighted by Gasteiger charge is 2.14. The van der Waals surface area contributed by atoms with E-state index in [0.717, 1.165) is 22.2 Å². The van der Waals surface area contributed by atoms with Gasteiger partial charge in [-0.15, -0.1) is 0 Å². The minimum absolute atomic E-state index is 0.250. The SMILES string of the molecule is Cc1ccc(-c2ccc(C(=O)Nc3cccc(-c4nc5ccccc5o4)c3)o2)cc1C. The topological polar surface area (TPSA) is 68.3 Å². The molecule has 0 aliphatic heterocycles. The highest BCUT2D eigenvalue weighted by Crippen LogP contribution is 2.27. The normalized spacial score (nSPS) is 11.0. The first-order valence-corrected chi connectivity index (χ1v) is 10.0. The summed E-state index contributed by atoms with van der Waals surface area (Å²) in [4.78, 5) is 17.2. The number of benzene rings is 3. The minimum atomic E-state index is -0.315. The zero-order chi connectivity index (χ0) is 21.4. The van der Waals surface area contributed by atoms with Crippen LogP contribution in [0.5, 0.6) is 0 Å². The largest absolute Gasteiger partial charge is 0.451 e. The molecular formula is C26H20N2O3. The van der Waals surface area contributed by atoms with E-state index in [0.29, 0.717) is 17.3 Å². The lowest BCUT2D eigenvalue weighted by Crippen LogP contribution is -2.10. The highest BCUT2D eigenvalue weighted by molar-refractivity contribution is 6.02. The number of aromatic nitrogens is 1. The van der Waals surface area contributed by atoms with Crippen molar-refractivity contribution in [1.29, 1.82) is 0 Å². The molecule has 5 aromatic rings. The van der Waals surface area contributed by atoms with Crippen molar-refractivity contribution in [3.8, 4) is 22.8 Å². The molecule has 2 aromatic heterocycles. The molecule has 3 aromatic carbocycles. The maximum absolute atomic E-state index is 12.7. The van der Waals surface area contributed by atoms with Crippen LogP contribution in [-0.2, 0) is 0 Å². The number of furan rings is 1. The van der Waals surface area contributed by atoms with Crippen LogP contribution >= 0.6 is 0 Å². The third kappa shape index (κ3) is 3.73. The number of nitrogens with one attached hydrogen (secondary N) is 1. The number of oxazole rings is 1. The maximum Gasteiger partial charge on any atom is 0.291 e. The van der Waals surface area contributed by atoms with Crippen molar-refractivity contribution < 1.29 is 13.6 Å². The van der Waals surface area contributed by atoms with Crippen LogP contribution in [0.15, 0.2) is 87.7 Å². The van der Waals surface area contributed by atoms with E-state index in [9.17, 15) is 4.79 Å². The lowest BCUT2D eigenvalue weighted by atomic mass is 10.1. The number of para-hydroxylation sites is 2. The van der Waals surface area contributed by atoms with Gasteiger partial charge in [0.05, 0.1) is 0 Å². The Bertz CT molecular complexity index is 1380. The second kappa shape index (κ2) is 7.61. The van der Waals surface area contributed by atoms with Crippen LogP contribution in [0.2, 0.25) is 0 Å². The predicted molar refractivity (Wildman–Crippen MR) is 121 cm³/mol. The van der Waals surface area contributed by atoms with Crippen molar-refractivity contribution in [2.45, 2.75) is 13.8 Å². The van der Waals surface area contributed by atoms with Gasteiger partial charge < -0.3 is 14.2 Å². The van der Waals surface area contributed by atoms with Crippen LogP contribution < -0.4 is 5.32 Å². The summed E-state index contributed by atoms with van der Waals surface area (Å²) in [6.45, 7) is 4.12. The van der Waals surface area contributed by atoms with Crippen molar-refractivity contribution in [1.82, 2.24) is 4.98 Å². The fourth-order valence-corrected chi connectivity index (χ4v) is 3.43. The third-order valence-corrected chi connectivity index (χ3v) is 5.28. The number of carbonyl (C=O) groups excluding carboxylic acids is 1. The minimum Gasteiger partial charge on any atom is -0.451 e. The number of hydrogen-bond donors (Lipinski definition) is 1. The first-order chi connectivity index (χ1) is 15.1. The van der Waals surface area contributed by atoms with Crippen molar-refractivity contribution in [2.24, 2.45) is 0 Å². The number of anilines is 1. The van der Waals surface area contributed by atoms with Gasteiger partial charge in [-0.2, -0.15) is 0 Å². The van der Waals surface area contributed by atoms with Gasteiger partial charge in [0.1, 0.15) is 11.3 Å².